The van der Waals surface area contributed by atoms with E-state index in [0.717, 1.165) is 0 Å². The molecule has 0 fully saturated rings. The zero-order chi connectivity index (χ0) is 12.1. The van der Waals surface area contributed by atoms with Gasteiger partial charge >= 0.3 is 0 Å². The summed E-state index contributed by atoms with van der Waals surface area (Å²) in [5, 5.41) is 12.8. The Morgan fingerprint density at radius 2 is 2.24 bits per heavy atom. The van der Waals surface area contributed by atoms with Gasteiger partial charge in [0.2, 0.25) is 0 Å². The van der Waals surface area contributed by atoms with E-state index in [9.17, 15) is 5.11 Å². The zero-order valence-electron chi connectivity index (χ0n) is 9.42. The molecule has 5 heteroatoms. The van der Waals surface area contributed by atoms with E-state index in [4.69, 9.17) is 14.0 Å². The van der Waals surface area contributed by atoms with Crippen molar-refractivity contribution in [2.75, 3.05) is 7.11 Å². The molecule has 0 saturated carbocycles. The van der Waals surface area contributed by atoms with Crippen molar-refractivity contribution >= 4 is 0 Å². The van der Waals surface area contributed by atoms with Gasteiger partial charge in [0.1, 0.15) is 18.1 Å². The normalized spacial score (nSPS) is 10.2. The molecule has 90 valence electrons. The first-order valence-corrected chi connectivity index (χ1v) is 5.13. The van der Waals surface area contributed by atoms with Gasteiger partial charge in [0.25, 0.3) is 0 Å². The maximum atomic E-state index is 9.22. The molecule has 0 aliphatic carbocycles. The van der Waals surface area contributed by atoms with Crippen LogP contribution in [0.4, 0.5) is 0 Å². The molecule has 1 heterocycles. The number of aliphatic hydroxyl groups is 1. The molecule has 1 N–H and O–H groups in total. The minimum Gasteiger partial charge on any atom is -0.497 e. The van der Waals surface area contributed by atoms with Gasteiger partial charge in [-0.3, -0.25) is 0 Å². The molecule has 0 unspecified atom stereocenters. The van der Waals surface area contributed by atoms with E-state index in [2.05, 4.69) is 5.16 Å². The van der Waals surface area contributed by atoms with Gasteiger partial charge in [0.05, 0.1) is 19.9 Å². The second-order valence-electron chi connectivity index (χ2n) is 3.40. The molecule has 1 aromatic heterocycles. The van der Waals surface area contributed by atoms with Gasteiger partial charge < -0.3 is 19.1 Å². The van der Waals surface area contributed by atoms with Crippen LogP contribution in [-0.2, 0) is 13.2 Å². The summed E-state index contributed by atoms with van der Waals surface area (Å²) in [5.74, 6) is 1.91. The third kappa shape index (κ3) is 2.76. The largest absolute Gasteiger partial charge is 0.497 e. The molecule has 0 bridgehead atoms. The van der Waals surface area contributed by atoms with Gasteiger partial charge in [-0.1, -0.05) is 5.16 Å². The van der Waals surface area contributed by atoms with E-state index < -0.39 is 0 Å². The number of aliphatic hydroxyl groups excluding tert-OH is 1. The summed E-state index contributed by atoms with van der Waals surface area (Å²) in [6.45, 7) is 0.169. The molecule has 17 heavy (non-hydrogen) atoms. The molecule has 2 aromatic rings. The van der Waals surface area contributed by atoms with Crippen LogP contribution in [-0.4, -0.2) is 17.4 Å². The van der Waals surface area contributed by atoms with Crippen molar-refractivity contribution in [3.63, 3.8) is 0 Å². The Labute approximate surface area is 98.6 Å². The van der Waals surface area contributed by atoms with Crippen molar-refractivity contribution in [3.05, 3.63) is 41.8 Å². The van der Waals surface area contributed by atoms with Crippen LogP contribution in [0.5, 0.6) is 11.5 Å². The van der Waals surface area contributed by atoms with Crippen molar-refractivity contribution in [3.8, 4) is 11.5 Å². The molecule has 5 nitrogen and oxygen atoms in total. The Kier molecular flexibility index (Phi) is 3.62. The molecular formula is C12H13NO4. The van der Waals surface area contributed by atoms with E-state index >= 15 is 0 Å². The summed E-state index contributed by atoms with van der Waals surface area (Å²) >= 11 is 0. The van der Waals surface area contributed by atoms with Crippen molar-refractivity contribution in [1.29, 1.82) is 0 Å². The van der Waals surface area contributed by atoms with Gasteiger partial charge in [-0.25, -0.2) is 0 Å². The summed E-state index contributed by atoms with van der Waals surface area (Å²) in [6.07, 6.45) is 1.56. The minimum atomic E-state index is -0.108. The molecule has 0 saturated heterocycles. The first-order valence-electron chi connectivity index (χ1n) is 5.13. The van der Waals surface area contributed by atoms with Crippen LogP contribution >= 0.6 is 0 Å². The molecule has 2 rings (SSSR count). The third-order valence-corrected chi connectivity index (χ3v) is 2.30. The fourth-order valence-corrected chi connectivity index (χ4v) is 1.41. The summed E-state index contributed by atoms with van der Waals surface area (Å²) < 4.78 is 15.5. The lowest BCUT2D eigenvalue weighted by molar-refractivity contribution is 0.233. The predicted octanol–water partition coefficient (Wildman–Crippen LogP) is 1.75. The summed E-state index contributed by atoms with van der Waals surface area (Å²) in [7, 11) is 1.57. The predicted molar refractivity (Wildman–Crippen MR) is 59.8 cm³/mol. The van der Waals surface area contributed by atoms with Gasteiger partial charge in [-0.15, -0.1) is 0 Å². The molecular weight excluding hydrogens is 222 g/mol. The quantitative estimate of drug-likeness (QED) is 0.855. The first-order chi connectivity index (χ1) is 8.33. The molecule has 0 spiro atoms. The maximum Gasteiger partial charge on any atom is 0.174 e. The highest BCUT2D eigenvalue weighted by Crippen LogP contribution is 2.24. The average Bonchev–Trinajstić information content (AvgIpc) is 2.89. The van der Waals surface area contributed by atoms with Crippen LogP contribution in [0.1, 0.15) is 11.3 Å². The van der Waals surface area contributed by atoms with Crippen molar-refractivity contribution in [2.24, 2.45) is 0 Å². The maximum absolute atomic E-state index is 9.22. The van der Waals surface area contributed by atoms with E-state index in [-0.39, 0.29) is 13.2 Å². The number of hydrogen-bond acceptors (Lipinski definition) is 5. The topological polar surface area (TPSA) is 64.7 Å². The Bertz CT molecular complexity index is 467. The van der Waals surface area contributed by atoms with Crippen LogP contribution in [0.3, 0.4) is 0 Å². The standard InChI is InChI=1S/C12H13NO4/c1-15-10-2-3-12(9(6-10)7-14)16-8-11-4-5-13-17-11/h2-6,14H,7-8H2,1H3. The zero-order valence-corrected chi connectivity index (χ0v) is 9.42. The SMILES string of the molecule is COc1ccc(OCc2ccno2)c(CO)c1. The van der Waals surface area contributed by atoms with Gasteiger partial charge in [-0.05, 0) is 18.2 Å². The summed E-state index contributed by atoms with van der Waals surface area (Å²) in [5.41, 5.74) is 0.670. The number of ether oxygens (including phenoxy) is 2. The Morgan fingerprint density at radius 3 is 2.88 bits per heavy atom. The highest BCUT2D eigenvalue weighted by Gasteiger charge is 2.06. The lowest BCUT2D eigenvalue weighted by atomic mass is 10.2. The van der Waals surface area contributed by atoms with Gasteiger partial charge in [0.15, 0.2) is 5.76 Å². The fourth-order valence-electron chi connectivity index (χ4n) is 1.41. The third-order valence-electron chi connectivity index (χ3n) is 2.30. The Balaban J connectivity index is 2.09. The number of aromatic nitrogens is 1. The Morgan fingerprint density at radius 1 is 1.35 bits per heavy atom. The fraction of sp³-hybridized carbons (Fsp3) is 0.250. The van der Waals surface area contributed by atoms with Gasteiger partial charge in [0, 0.05) is 11.6 Å². The molecule has 0 aliphatic heterocycles. The molecule has 1 aromatic carbocycles. The second kappa shape index (κ2) is 5.36. The lowest BCUT2D eigenvalue weighted by Gasteiger charge is -2.10. The van der Waals surface area contributed by atoms with Crippen molar-refractivity contribution < 1.29 is 19.1 Å². The van der Waals surface area contributed by atoms with Crippen LogP contribution in [0.15, 0.2) is 35.0 Å². The molecule has 0 radical (unpaired) electrons. The van der Waals surface area contributed by atoms with E-state index in [1.54, 1.807) is 37.6 Å². The van der Waals surface area contributed by atoms with E-state index in [0.29, 0.717) is 22.8 Å². The smallest absolute Gasteiger partial charge is 0.174 e. The van der Waals surface area contributed by atoms with Crippen molar-refractivity contribution in [1.82, 2.24) is 5.16 Å². The summed E-state index contributed by atoms with van der Waals surface area (Å²) in [4.78, 5) is 0. The van der Waals surface area contributed by atoms with Crippen LogP contribution < -0.4 is 9.47 Å². The second-order valence-corrected chi connectivity index (χ2v) is 3.40. The number of hydrogen-bond donors (Lipinski definition) is 1. The van der Waals surface area contributed by atoms with Gasteiger partial charge in [-0.2, -0.15) is 0 Å². The van der Waals surface area contributed by atoms with Crippen molar-refractivity contribution in [2.45, 2.75) is 13.2 Å². The number of rotatable bonds is 5. The van der Waals surface area contributed by atoms with Crippen LogP contribution in [0, 0.1) is 0 Å². The summed E-state index contributed by atoms with van der Waals surface area (Å²) in [6, 6.07) is 6.98. The highest BCUT2D eigenvalue weighted by atomic mass is 16.5. The number of nitrogens with zero attached hydrogens (tertiary/aromatic N) is 1. The van der Waals surface area contributed by atoms with Crippen LogP contribution in [0.25, 0.3) is 0 Å². The molecule has 0 atom stereocenters. The molecule has 0 aliphatic rings. The van der Waals surface area contributed by atoms with E-state index in [1.165, 1.54) is 0 Å². The van der Waals surface area contributed by atoms with E-state index in [1.807, 2.05) is 0 Å². The number of methoxy groups -OCH3 is 1. The van der Waals surface area contributed by atoms with Crippen LogP contribution in [0.2, 0.25) is 0 Å². The highest BCUT2D eigenvalue weighted by molar-refractivity contribution is 5.39. The monoisotopic (exact) mass is 235 g/mol. The Hall–Kier alpha value is -2.01. The lowest BCUT2D eigenvalue weighted by Crippen LogP contribution is -1.98. The first kappa shape index (κ1) is 11.5. The number of benzene rings is 1. The molecule has 0 amide bonds. The minimum absolute atomic E-state index is 0.108. The average molecular weight is 235 g/mol.